The molecule has 3 heteroatoms. The molecule has 0 bridgehead atoms. The molecule has 106 valence electrons. The van der Waals surface area contributed by atoms with Gasteiger partial charge in [0.15, 0.2) is 0 Å². The molecule has 1 aromatic heterocycles. The second kappa shape index (κ2) is 6.90. The van der Waals surface area contributed by atoms with Crippen LogP contribution in [0.15, 0.2) is 18.3 Å². The largest absolute Gasteiger partial charge is 0.368 e. The summed E-state index contributed by atoms with van der Waals surface area (Å²) < 4.78 is 0. The zero-order chi connectivity index (χ0) is 13.7. The average Bonchev–Trinajstić information content (AvgIpc) is 2.42. The lowest BCUT2D eigenvalue weighted by atomic mass is 9.94. The molecule has 1 aliphatic rings. The molecule has 1 fully saturated rings. The first-order valence-corrected chi connectivity index (χ1v) is 7.63. The van der Waals surface area contributed by atoms with Crippen LogP contribution < -0.4 is 10.2 Å². The number of nitrogens with zero attached hydrogens (tertiary/aromatic N) is 2. The minimum Gasteiger partial charge on any atom is -0.368 e. The number of aromatic nitrogens is 1. The van der Waals surface area contributed by atoms with Gasteiger partial charge in [0.25, 0.3) is 0 Å². The van der Waals surface area contributed by atoms with Crippen LogP contribution in [0.25, 0.3) is 0 Å². The van der Waals surface area contributed by atoms with Gasteiger partial charge < -0.3 is 10.2 Å². The zero-order valence-electron chi connectivity index (χ0n) is 12.5. The number of nitrogens with one attached hydrogen (secondary N) is 1. The van der Waals surface area contributed by atoms with Crippen LogP contribution in [0.3, 0.4) is 0 Å². The van der Waals surface area contributed by atoms with Gasteiger partial charge in [-0.15, -0.1) is 0 Å². The van der Waals surface area contributed by atoms with Crippen LogP contribution in [0.4, 0.5) is 5.69 Å². The number of piperidine rings is 1. The Labute approximate surface area is 117 Å². The summed E-state index contributed by atoms with van der Waals surface area (Å²) in [7, 11) is 0. The Balaban J connectivity index is 2.04. The molecule has 1 aliphatic heterocycles. The van der Waals surface area contributed by atoms with Crippen molar-refractivity contribution < 1.29 is 0 Å². The molecular weight excluding hydrogens is 234 g/mol. The van der Waals surface area contributed by atoms with E-state index in [1.165, 1.54) is 31.5 Å². The van der Waals surface area contributed by atoms with Crippen LogP contribution in [-0.2, 0) is 6.54 Å². The summed E-state index contributed by atoms with van der Waals surface area (Å²) in [6.45, 7) is 9.98. The van der Waals surface area contributed by atoms with E-state index >= 15 is 0 Å². The fourth-order valence-electron chi connectivity index (χ4n) is 2.78. The second-order valence-electron chi connectivity index (χ2n) is 5.87. The van der Waals surface area contributed by atoms with Crippen LogP contribution >= 0.6 is 0 Å². The Morgan fingerprint density at radius 1 is 1.37 bits per heavy atom. The van der Waals surface area contributed by atoms with Crippen molar-refractivity contribution in [2.45, 2.75) is 52.6 Å². The van der Waals surface area contributed by atoms with Crippen molar-refractivity contribution in [2.24, 2.45) is 5.92 Å². The lowest BCUT2D eigenvalue weighted by Crippen LogP contribution is -2.41. The van der Waals surface area contributed by atoms with E-state index in [-0.39, 0.29) is 0 Å². The van der Waals surface area contributed by atoms with Crippen LogP contribution in [-0.4, -0.2) is 24.1 Å². The first-order valence-electron chi connectivity index (χ1n) is 7.63. The Morgan fingerprint density at radius 3 is 3.00 bits per heavy atom. The van der Waals surface area contributed by atoms with Gasteiger partial charge in [-0.1, -0.05) is 13.8 Å². The smallest absolute Gasteiger partial charge is 0.0562 e. The van der Waals surface area contributed by atoms with Gasteiger partial charge in [0, 0.05) is 31.0 Å². The van der Waals surface area contributed by atoms with Gasteiger partial charge in [0.05, 0.1) is 5.69 Å². The molecule has 2 atom stereocenters. The van der Waals surface area contributed by atoms with Crippen LogP contribution in [0.5, 0.6) is 0 Å². The van der Waals surface area contributed by atoms with Gasteiger partial charge in [-0.25, -0.2) is 0 Å². The molecule has 3 nitrogen and oxygen atoms in total. The first kappa shape index (κ1) is 14.3. The van der Waals surface area contributed by atoms with Crippen molar-refractivity contribution in [3.05, 3.63) is 24.0 Å². The summed E-state index contributed by atoms with van der Waals surface area (Å²) >= 11 is 0. The highest BCUT2D eigenvalue weighted by Crippen LogP contribution is 2.27. The van der Waals surface area contributed by atoms with E-state index in [0.29, 0.717) is 6.04 Å². The molecule has 0 saturated carbocycles. The van der Waals surface area contributed by atoms with E-state index < -0.39 is 0 Å². The van der Waals surface area contributed by atoms with Gasteiger partial charge in [0.1, 0.15) is 0 Å². The van der Waals surface area contributed by atoms with Crippen LogP contribution in [0.1, 0.15) is 45.7 Å². The lowest BCUT2D eigenvalue weighted by molar-refractivity contribution is 0.390. The van der Waals surface area contributed by atoms with E-state index in [9.17, 15) is 0 Å². The van der Waals surface area contributed by atoms with Gasteiger partial charge in [0.2, 0.25) is 0 Å². The van der Waals surface area contributed by atoms with E-state index in [0.717, 1.165) is 24.7 Å². The molecule has 2 unspecified atom stereocenters. The normalized spacial score (nSPS) is 23.6. The molecule has 0 spiro atoms. The highest BCUT2D eigenvalue weighted by molar-refractivity contribution is 5.48. The van der Waals surface area contributed by atoms with Crippen molar-refractivity contribution in [1.82, 2.24) is 10.3 Å². The number of pyridine rings is 1. The third-order valence-electron chi connectivity index (χ3n) is 3.98. The minimum absolute atomic E-state index is 0.648. The van der Waals surface area contributed by atoms with Crippen molar-refractivity contribution in [2.75, 3.05) is 18.0 Å². The van der Waals surface area contributed by atoms with E-state index in [1.54, 1.807) is 0 Å². The molecule has 1 N–H and O–H groups in total. The predicted molar refractivity (Wildman–Crippen MR) is 81.4 cm³/mol. The monoisotopic (exact) mass is 261 g/mol. The van der Waals surface area contributed by atoms with Gasteiger partial charge >= 0.3 is 0 Å². The Hall–Kier alpha value is -1.09. The summed E-state index contributed by atoms with van der Waals surface area (Å²) in [6, 6.07) is 5.05. The van der Waals surface area contributed by atoms with Crippen molar-refractivity contribution >= 4 is 5.69 Å². The maximum atomic E-state index is 4.46. The molecule has 19 heavy (non-hydrogen) atoms. The van der Waals surface area contributed by atoms with E-state index in [4.69, 9.17) is 0 Å². The quantitative estimate of drug-likeness (QED) is 0.825. The van der Waals surface area contributed by atoms with Gasteiger partial charge in [-0.3, -0.25) is 4.98 Å². The Morgan fingerprint density at radius 2 is 2.21 bits per heavy atom. The molecule has 1 saturated heterocycles. The molecular formula is C16H27N3. The third kappa shape index (κ3) is 3.93. The van der Waals surface area contributed by atoms with E-state index in [1.807, 2.05) is 6.20 Å². The van der Waals surface area contributed by atoms with Gasteiger partial charge in [-0.2, -0.15) is 0 Å². The first-order chi connectivity index (χ1) is 9.20. The second-order valence-corrected chi connectivity index (χ2v) is 5.87. The van der Waals surface area contributed by atoms with Gasteiger partial charge in [-0.05, 0) is 50.8 Å². The maximum Gasteiger partial charge on any atom is 0.0562 e. The number of hydrogen-bond donors (Lipinski definition) is 1. The molecule has 2 heterocycles. The SMILES string of the molecule is CCCNCc1cc(N2CC(C)CCC2C)ccn1. The van der Waals surface area contributed by atoms with E-state index in [2.05, 4.69) is 48.1 Å². The Kier molecular flexibility index (Phi) is 5.20. The zero-order valence-corrected chi connectivity index (χ0v) is 12.5. The number of anilines is 1. The Bertz CT molecular complexity index is 391. The van der Waals surface area contributed by atoms with Crippen molar-refractivity contribution in [3.63, 3.8) is 0 Å². The number of rotatable bonds is 5. The fraction of sp³-hybridized carbons (Fsp3) is 0.688. The topological polar surface area (TPSA) is 28.2 Å². The highest BCUT2D eigenvalue weighted by Gasteiger charge is 2.23. The maximum absolute atomic E-state index is 4.46. The van der Waals surface area contributed by atoms with Crippen molar-refractivity contribution in [3.8, 4) is 0 Å². The summed E-state index contributed by atoms with van der Waals surface area (Å²) in [4.78, 5) is 7.00. The predicted octanol–water partition coefficient (Wildman–Crippen LogP) is 3.21. The average molecular weight is 261 g/mol. The van der Waals surface area contributed by atoms with Crippen molar-refractivity contribution in [1.29, 1.82) is 0 Å². The van der Waals surface area contributed by atoms with Crippen LogP contribution in [0.2, 0.25) is 0 Å². The molecule has 1 aromatic rings. The molecule has 0 radical (unpaired) electrons. The third-order valence-corrected chi connectivity index (χ3v) is 3.98. The molecule has 0 amide bonds. The molecule has 0 aromatic carbocycles. The lowest BCUT2D eigenvalue weighted by Gasteiger charge is -2.38. The summed E-state index contributed by atoms with van der Waals surface area (Å²) in [5.41, 5.74) is 2.48. The fourth-order valence-corrected chi connectivity index (χ4v) is 2.78. The minimum atomic E-state index is 0.648. The number of hydrogen-bond acceptors (Lipinski definition) is 3. The summed E-state index contributed by atoms with van der Waals surface area (Å²) in [6.07, 6.45) is 5.77. The molecule has 0 aliphatic carbocycles. The molecule has 2 rings (SSSR count). The highest BCUT2D eigenvalue weighted by atomic mass is 15.2. The van der Waals surface area contributed by atoms with Crippen LogP contribution in [0, 0.1) is 5.92 Å². The summed E-state index contributed by atoms with van der Waals surface area (Å²) in [5, 5.41) is 3.42. The standard InChI is InChI=1S/C16H27N3/c1-4-8-17-11-15-10-16(7-9-18-15)19-12-13(2)5-6-14(19)3/h7,9-10,13-14,17H,4-6,8,11-12H2,1-3H3. The summed E-state index contributed by atoms with van der Waals surface area (Å²) in [5.74, 6) is 0.797.